The Morgan fingerprint density at radius 1 is 0.769 bits per heavy atom. The molecule has 262 valence electrons. The van der Waals surface area contributed by atoms with E-state index in [2.05, 4.69) is 60.5 Å². The fourth-order valence-electron chi connectivity index (χ4n) is 7.43. The molecule has 1 aliphatic carbocycles. The highest BCUT2D eigenvalue weighted by atomic mass is 16.5. The minimum Gasteiger partial charge on any atom is -0.494 e. The summed E-state index contributed by atoms with van der Waals surface area (Å²) in [5, 5.41) is 4.74. The van der Waals surface area contributed by atoms with Crippen LogP contribution in [0.5, 0.6) is 17.4 Å². The molecule has 0 radical (unpaired) electrons. The number of pyridine rings is 3. The second-order valence-electron chi connectivity index (χ2n) is 13.9. The molecule has 9 rings (SSSR count). The van der Waals surface area contributed by atoms with Crippen LogP contribution in [-0.2, 0) is 29.1 Å². The summed E-state index contributed by atoms with van der Waals surface area (Å²) in [5.74, 6) is 1.83. The summed E-state index contributed by atoms with van der Waals surface area (Å²) in [7, 11) is 0. The molecule has 2 fully saturated rings. The lowest BCUT2D eigenvalue weighted by Gasteiger charge is -2.34. The highest BCUT2D eigenvalue weighted by molar-refractivity contribution is 6.07. The summed E-state index contributed by atoms with van der Waals surface area (Å²) in [6.07, 6.45) is 11.7. The molecule has 6 heterocycles. The second-order valence-corrected chi connectivity index (χ2v) is 13.9. The number of H-pyrrole nitrogens is 1. The maximum atomic E-state index is 12.3. The van der Waals surface area contributed by atoms with Gasteiger partial charge in [-0.1, -0.05) is 18.2 Å². The summed E-state index contributed by atoms with van der Waals surface area (Å²) >= 11 is 0. The molecule has 1 atom stereocenters. The number of hydrogen-bond donors (Lipinski definition) is 2. The fraction of sp³-hybridized carbons (Fsp3) is 0.293. The van der Waals surface area contributed by atoms with Gasteiger partial charge >= 0.3 is 0 Å². The predicted molar refractivity (Wildman–Crippen MR) is 195 cm³/mol. The molecule has 3 aliphatic rings. The third-order valence-electron chi connectivity index (χ3n) is 10.3. The number of rotatable bonds is 11. The number of aryl methyl sites for hydroxylation is 1. The van der Waals surface area contributed by atoms with E-state index in [1.807, 2.05) is 48.8 Å². The molecule has 2 aliphatic heterocycles. The summed E-state index contributed by atoms with van der Waals surface area (Å²) in [6.45, 7) is 1.97. The van der Waals surface area contributed by atoms with Crippen molar-refractivity contribution in [3.8, 4) is 28.5 Å². The molecule has 2 amide bonds. The van der Waals surface area contributed by atoms with Crippen LogP contribution < -0.4 is 19.5 Å². The number of carbonyl (C=O) groups excluding carboxylic acids is 2. The van der Waals surface area contributed by atoms with E-state index in [0.29, 0.717) is 38.4 Å². The molecule has 2 N–H and O–H groups in total. The fourth-order valence-corrected chi connectivity index (χ4v) is 7.43. The molecular formula is C41H38N6O5. The SMILES string of the molecule is O=C1CCC(N2Cc3ccc(OCCCc4ccc(OC5CC(Oc6ccc(-c7ccc8c(c7)[nH]c7ccncc78)cn6)C5)cn4)cc3C2)C(=O)N1. The van der Waals surface area contributed by atoms with Gasteiger partial charge in [-0.2, -0.15) is 0 Å². The van der Waals surface area contributed by atoms with Crippen LogP contribution in [0.1, 0.15) is 48.9 Å². The van der Waals surface area contributed by atoms with Gasteiger partial charge in [-0.3, -0.25) is 29.8 Å². The largest absolute Gasteiger partial charge is 0.494 e. The van der Waals surface area contributed by atoms with Gasteiger partial charge in [-0.05, 0) is 78.4 Å². The van der Waals surface area contributed by atoms with Gasteiger partial charge in [0, 0.05) is 90.1 Å². The maximum absolute atomic E-state index is 12.3. The van der Waals surface area contributed by atoms with Crippen LogP contribution >= 0.6 is 0 Å². The number of nitrogens with zero attached hydrogens (tertiary/aromatic N) is 4. The Hall–Kier alpha value is -5.81. The van der Waals surface area contributed by atoms with E-state index in [1.54, 1.807) is 12.4 Å². The third-order valence-corrected chi connectivity index (χ3v) is 10.3. The van der Waals surface area contributed by atoms with Crippen molar-refractivity contribution in [3.63, 3.8) is 0 Å². The van der Waals surface area contributed by atoms with E-state index >= 15 is 0 Å². The highest BCUT2D eigenvalue weighted by Crippen LogP contribution is 2.33. The summed E-state index contributed by atoms with van der Waals surface area (Å²) in [6, 6.07) is 22.2. The van der Waals surface area contributed by atoms with Crippen LogP contribution in [0.3, 0.4) is 0 Å². The van der Waals surface area contributed by atoms with Gasteiger partial charge < -0.3 is 19.2 Å². The quantitative estimate of drug-likeness (QED) is 0.119. The van der Waals surface area contributed by atoms with Crippen molar-refractivity contribution >= 4 is 33.6 Å². The predicted octanol–water partition coefficient (Wildman–Crippen LogP) is 6.29. The zero-order valence-electron chi connectivity index (χ0n) is 28.6. The molecule has 52 heavy (non-hydrogen) atoms. The number of ether oxygens (including phenoxy) is 3. The first-order valence-corrected chi connectivity index (χ1v) is 17.9. The minimum atomic E-state index is -0.260. The first kappa shape index (κ1) is 32.1. The van der Waals surface area contributed by atoms with Crippen molar-refractivity contribution in [2.45, 2.75) is 69.9 Å². The second kappa shape index (κ2) is 13.7. The summed E-state index contributed by atoms with van der Waals surface area (Å²) < 4.78 is 18.3. The highest BCUT2D eigenvalue weighted by Gasteiger charge is 2.35. The molecule has 2 aromatic carbocycles. The number of aromatic nitrogens is 4. The van der Waals surface area contributed by atoms with Crippen LogP contribution in [0, 0.1) is 0 Å². The van der Waals surface area contributed by atoms with Crippen LogP contribution in [0.25, 0.3) is 32.9 Å². The van der Waals surface area contributed by atoms with Crippen molar-refractivity contribution in [1.29, 1.82) is 0 Å². The third kappa shape index (κ3) is 6.67. The Bertz CT molecular complexity index is 2260. The number of fused-ring (bicyclic) bond motifs is 4. The summed E-state index contributed by atoms with van der Waals surface area (Å²) in [4.78, 5) is 42.9. The van der Waals surface area contributed by atoms with E-state index in [1.165, 1.54) is 11.1 Å². The van der Waals surface area contributed by atoms with Crippen molar-refractivity contribution in [2.24, 2.45) is 0 Å². The number of nitrogens with one attached hydrogen (secondary N) is 2. The van der Waals surface area contributed by atoms with Gasteiger partial charge in [0.15, 0.2) is 0 Å². The Kier molecular flexibility index (Phi) is 8.48. The van der Waals surface area contributed by atoms with Crippen molar-refractivity contribution in [3.05, 3.63) is 108 Å². The normalized spacial score (nSPS) is 20.0. The van der Waals surface area contributed by atoms with Crippen LogP contribution in [0.15, 0.2) is 91.5 Å². The number of amides is 2. The number of hydrogen-bond acceptors (Lipinski definition) is 9. The average molecular weight is 695 g/mol. The topological polar surface area (TPSA) is 132 Å². The number of imide groups is 1. The molecule has 1 saturated carbocycles. The average Bonchev–Trinajstić information content (AvgIpc) is 3.74. The van der Waals surface area contributed by atoms with E-state index < -0.39 is 0 Å². The van der Waals surface area contributed by atoms with Gasteiger partial charge in [0.2, 0.25) is 17.7 Å². The molecule has 0 spiro atoms. The minimum absolute atomic E-state index is 0.0711. The molecule has 6 aromatic rings. The van der Waals surface area contributed by atoms with E-state index in [0.717, 1.165) is 75.8 Å². The molecule has 11 nitrogen and oxygen atoms in total. The number of benzene rings is 2. The Labute approximate surface area is 300 Å². The van der Waals surface area contributed by atoms with Crippen LogP contribution in [-0.4, -0.2) is 61.5 Å². The van der Waals surface area contributed by atoms with Crippen LogP contribution in [0.2, 0.25) is 0 Å². The van der Waals surface area contributed by atoms with Crippen LogP contribution in [0.4, 0.5) is 0 Å². The van der Waals surface area contributed by atoms with Gasteiger partial charge in [0.05, 0.1) is 18.8 Å². The maximum Gasteiger partial charge on any atom is 0.243 e. The zero-order valence-corrected chi connectivity index (χ0v) is 28.6. The lowest BCUT2D eigenvalue weighted by Crippen LogP contribution is -2.50. The van der Waals surface area contributed by atoms with Crippen molar-refractivity contribution in [1.82, 2.24) is 30.2 Å². The molecule has 1 saturated heterocycles. The lowest BCUT2D eigenvalue weighted by molar-refractivity contribution is -0.137. The van der Waals surface area contributed by atoms with Crippen molar-refractivity contribution in [2.75, 3.05) is 6.61 Å². The van der Waals surface area contributed by atoms with Gasteiger partial charge in [0.25, 0.3) is 0 Å². The Balaban J connectivity index is 0.695. The summed E-state index contributed by atoms with van der Waals surface area (Å²) in [5.41, 5.74) is 7.64. The standard InChI is InChI=1S/C41H38N6O5/c48-39-11-10-38(41(49)46-39)47-23-27-3-7-30(16-28(27)24-47)50-15-1-2-29-6-8-31(21-43-29)51-32-18-33(19-32)52-40-12-5-26(20-44-40)25-4-9-34-35-22-42-14-13-36(35)45-37(34)17-25/h3-9,12-14,16-17,20-22,32-33,38,45H,1-2,10-11,15,18-19,23-24H2,(H,46,48,49). The molecule has 0 bridgehead atoms. The first-order valence-electron chi connectivity index (χ1n) is 17.9. The first-order chi connectivity index (χ1) is 25.5. The van der Waals surface area contributed by atoms with E-state index in [4.69, 9.17) is 14.2 Å². The van der Waals surface area contributed by atoms with Gasteiger partial charge in [-0.15, -0.1) is 0 Å². The Morgan fingerprint density at radius 2 is 1.63 bits per heavy atom. The number of piperidine rings is 1. The molecule has 11 heteroatoms. The Morgan fingerprint density at radius 3 is 2.48 bits per heavy atom. The smallest absolute Gasteiger partial charge is 0.243 e. The van der Waals surface area contributed by atoms with E-state index in [9.17, 15) is 9.59 Å². The van der Waals surface area contributed by atoms with Gasteiger partial charge in [0.1, 0.15) is 23.7 Å². The molecular weight excluding hydrogens is 656 g/mol. The number of carbonyl (C=O) groups is 2. The van der Waals surface area contributed by atoms with E-state index in [-0.39, 0.29) is 30.1 Å². The zero-order chi connectivity index (χ0) is 35.0. The number of aromatic amines is 1. The lowest BCUT2D eigenvalue weighted by atomic mass is 9.92. The molecule has 1 unspecified atom stereocenters. The van der Waals surface area contributed by atoms with Gasteiger partial charge in [-0.25, -0.2) is 4.98 Å². The monoisotopic (exact) mass is 694 g/mol. The van der Waals surface area contributed by atoms with Crippen molar-refractivity contribution < 1.29 is 23.8 Å². The molecule has 4 aromatic heterocycles.